The Morgan fingerprint density at radius 3 is 2.39 bits per heavy atom. The molecular weight excluding hydrogens is 367 g/mol. The summed E-state index contributed by atoms with van der Waals surface area (Å²) in [5, 5.41) is 11.3. The summed E-state index contributed by atoms with van der Waals surface area (Å²) in [6, 6.07) is 7.13. The van der Waals surface area contributed by atoms with Gasteiger partial charge in [0.1, 0.15) is 0 Å². The minimum absolute atomic E-state index is 0.183. The van der Waals surface area contributed by atoms with E-state index >= 15 is 0 Å². The monoisotopic (exact) mass is 378 g/mol. The molecule has 0 unspecified atom stereocenters. The van der Waals surface area contributed by atoms with Gasteiger partial charge in [-0.15, -0.1) is 0 Å². The Balaban J connectivity index is 3.19. The first-order valence-corrected chi connectivity index (χ1v) is 6.47. The van der Waals surface area contributed by atoms with Gasteiger partial charge in [0.05, 0.1) is 16.4 Å². The molecule has 0 amide bonds. The number of carbonyl (C=O) groups excluding carboxylic acids is 1. The molecule has 0 aliphatic carbocycles. The molecule has 0 aliphatic rings. The second-order valence-electron chi connectivity index (χ2n) is 3.31. The van der Waals surface area contributed by atoms with Crippen molar-refractivity contribution >= 4 is 51.6 Å². The van der Waals surface area contributed by atoms with Crippen LogP contribution in [0.25, 0.3) is 5.70 Å². The minimum Gasteiger partial charge on any atom is -0.464 e. The Morgan fingerprint density at radius 1 is 1.39 bits per heavy atom. The normalized spacial score (nSPS) is 11.6. The Labute approximate surface area is 124 Å². The topological polar surface area (TPSA) is 62.2 Å². The molecule has 0 radical (unpaired) electrons. The third-order valence-corrected chi connectivity index (χ3v) is 3.54. The highest BCUT2D eigenvalue weighted by Gasteiger charge is 2.17. The Bertz CT molecular complexity index is 497. The molecule has 0 fully saturated rings. The first kappa shape index (κ1) is 15.0. The summed E-state index contributed by atoms with van der Waals surface area (Å²) in [5.74, 6) is -0.666. The van der Waals surface area contributed by atoms with Gasteiger partial charge in [-0.3, -0.25) is 5.41 Å². The zero-order valence-corrected chi connectivity index (χ0v) is 12.8. The van der Waals surface area contributed by atoms with E-state index in [1.807, 2.05) is 34.7 Å². The van der Waals surface area contributed by atoms with Crippen LogP contribution in [0.1, 0.15) is 5.56 Å². The van der Waals surface area contributed by atoms with Gasteiger partial charge in [0.2, 0.25) is 0 Å². The van der Waals surface area contributed by atoms with Crippen molar-refractivity contribution in [2.75, 3.05) is 14.2 Å². The number of ether oxygens (including phenoxy) is 1. The molecule has 0 spiro atoms. The summed E-state index contributed by atoms with van der Waals surface area (Å²) in [6.07, 6.45) is 0. The molecule has 0 saturated heterocycles. The fourth-order valence-electron chi connectivity index (χ4n) is 1.31. The average Bonchev–Trinajstić information content (AvgIpc) is 2.39. The van der Waals surface area contributed by atoms with Crippen molar-refractivity contribution in [3.05, 3.63) is 38.4 Å². The summed E-state index contributed by atoms with van der Waals surface area (Å²) in [4.78, 5) is 11.3. The highest BCUT2D eigenvalue weighted by atomic mass is 127. The quantitative estimate of drug-likeness (QED) is 0.481. The van der Waals surface area contributed by atoms with Crippen molar-refractivity contribution < 1.29 is 9.53 Å². The summed E-state index contributed by atoms with van der Waals surface area (Å²) < 4.78 is 5.02. The predicted molar refractivity (Wildman–Crippen MR) is 81.2 cm³/mol. The number of rotatable bonds is 4. The average molecular weight is 379 g/mol. The van der Waals surface area contributed by atoms with Gasteiger partial charge in [-0.2, -0.15) is 0 Å². The second kappa shape index (κ2) is 6.75. The Kier molecular flexibility index (Phi) is 5.61. The maximum absolute atomic E-state index is 11.3. The van der Waals surface area contributed by atoms with Crippen LogP contribution in [0, 0.1) is 5.41 Å². The molecule has 2 N–H and O–H groups in total. The maximum Gasteiger partial charge on any atom is 0.357 e. The molecule has 1 aromatic rings. The van der Waals surface area contributed by atoms with Crippen LogP contribution in [0.3, 0.4) is 0 Å². The van der Waals surface area contributed by atoms with Crippen LogP contribution in [0.4, 0.5) is 0 Å². The van der Waals surface area contributed by atoms with Gasteiger partial charge in [-0.25, -0.2) is 4.79 Å². The van der Waals surface area contributed by atoms with E-state index < -0.39 is 5.97 Å². The Morgan fingerprint density at radius 2 is 1.94 bits per heavy atom. The van der Waals surface area contributed by atoms with E-state index in [9.17, 15) is 4.79 Å². The predicted octanol–water partition coefficient (Wildman–Crippen LogP) is 2.86. The van der Waals surface area contributed by atoms with Gasteiger partial charge >= 0.3 is 5.97 Å². The summed E-state index contributed by atoms with van der Waals surface area (Å²) >= 11 is 7.76. The number of esters is 1. The lowest BCUT2D eigenvalue weighted by atomic mass is 10.1. The molecule has 96 valence electrons. The van der Waals surface area contributed by atoms with Crippen LogP contribution in [-0.2, 0) is 9.53 Å². The molecular formula is C12H12ClIN2O2. The molecule has 0 atom stereocenters. The molecule has 0 aromatic heterocycles. The lowest BCUT2D eigenvalue weighted by Crippen LogP contribution is -2.18. The van der Waals surface area contributed by atoms with E-state index in [-0.39, 0.29) is 5.71 Å². The summed E-state index contributed by atoms with van der Waals surface area (Å²) in [5.41, 5.74) is 1.35. The zero-order valence-electron chi connectivity index (χ0n) is 9.88. The number of nitrogens with one attached hydrogen (secondary N) is 2. The van der Waals surface area contributed by atoms with Crippen LogP contribution >= 0.6 is 34.2 Å². The van der Waals surface area contributed by atoms with E-state index in [1.165, 1.54) is 7.11 Å². The third kappa shape index (κ3) is 3.46. The fourth-order valence-corrected chi connectivity index (χ4v) is 2.24. The third-order valence-electron chi connectivity index (χ3n) is 2.21. The van der Waals surface area contributed by atoms with Crippen LogP contribution in [0.15, 0.2) is 27.8 Å². The van der Waals surface area contributed by atoms with Crippen molar-refractivity contribution in [2.45, 2.75) is 0 Å². The zero-order chi connectivity index (χ0) is 13.7. The van der Waals surface area contributed by atoms with Gasteiger partial charge in [-0.1, -0.05) is 23.7 Å². The summed E-state index contributed by atoms with van der Waals surface area (Å²) in [7, 11) is 2.98. The largest absolute Gasteiger partial charge is 0.464 e. The number of hydrogen-bond donors (Lipinski definition) is 2. The van der Waals surface area contributed by atoms with E-state index in [0.717, 1.165) is 5.56 Å². The van der Waals surface area contributed by atoms with Gasteiger partial charge in [0.25, 0.3) is 0 Å². The first-order valence-electron chi connectivity index (χ1n) is 5.02. The molecule has 0 aliphatic heterocycles. The van der Waals surface area contributed by atoms with Crippen LogP contribution in [-0.4, -0.2) is 25.8 Å². The van der Waals surface area contributed by atoms with Crippen molar-refractivity contribution in [2.24, 2.45) is 0 Å². The fraction of sp³-hybridized carbons (Fsp3) is 0.167. The smallest absolute Gasteiger partial charge is 0.357 e. The van der Waals surface area contributed by atoms with Gasteiger partial charge in [0, 0.05) is 12.1 Å². The van der Waals surface area contributed by atoms with Gasteiger partial charge in [-0.05, 0) is 40.3 Å². The van der Waals surface area contributed by atoms with Crippen molar-refractivity contribution in [3.63, 3.8) is 0 Å². The highest BCUT2D eigenvalue weighted by Crippen LogP contribution is 2.23. The molecule has 0 bridgehead atoms. The minimum atomic E-state index is -0.666. The molecule has 0 heterocycles. The molecule has 6 heteroatoms. The number of carbonyl (C=O) groups is 1. The lowest BCUT2D eigenvalue weighted by Gasteiger charge is -2.11. The van der Waals surface area contributed by atoms with E-state index in [1.54, 1.807) is 19.2 Å². The van der Waals surface area contributed by atoms with E-state index in [2.05, 4.69) is 10.1 Å². The molecule has 1 rings (SSSR count). The Hall–Kier alpha value is -1.08. The standard InChI is InChI=1S/C12H12ClIN2O2/c1-16-11(7-3-5-8(13)6-4-7)9(14)10(15)12(17)18-2/h3-6,15-16H,1-2H3/b11-9+,15-10?. The van der Waals surface area contributed by atoms with E-state index in [4.69, 9.17) is 17.0 Å². The number of hydrogen-bond acceptors (Lipinski definition) is 4. The number of benzene rings is 1. The lowest BCUT2D eigenvalue weighted by molar-refractivity contribution is -0.132. The second-order valence-corrected chi connectivity index (χ2v) is 4.83. The van der Waals surface area contributed by atoms with E-state index in [0.29, 0.717) is 14.3 Å². The number of methoxy groups -OCH3 is 1. The highest BCUT2D eigenvalue weighted by molar-refractivity contribution is 14.1. The SMILES string of the molecule is CN/C(=C(/I)C(=N)C(=O)OC)c1ccc(Cl)cc1. The molecule has 0 saturated carbocycles. The van der Waals surface area contributed by atoms with Crippen LogP contribution < -0.4 is 5.32 Å². The van der Waals surface area contributed by atoms with Crippen LogP contribution in [0.5, 0.6) is 0 Å². The first-order chi connectivity index (χ1) is 8.51. The van der Waals surface area contributed by atoms with Crippen molar-refractivity contribution in [3.8, 4) is 0 Å². The molecule has 18 heavy (non-hydrogen) atoms. The van der Waals surface area contributed by atoms with Crippen molar-refractivity contribution in [1.82, 2.24) is 5.32 Å². The number of halogens is 2. The van der Waals surface area contributed by atoms with Crippen LogP contribution in [0.2, 0.25) is 5.02 Å². The maximum atomic E-state index is 11.3. The molecule has 4 nitrogen and oxygen atoms in total. The van der Waals surface area contributed by atoms with Crippen molar-refractivity contribution in [1.29, 1.82) is 5.41 Å². The van der Waals surface area contributed by atoms with Gasteiger partial charge < -0.3 is 10.1 Å². The van der Waals surface area contributed by atoms with Gasteiger partial charge in [0.15, 0.2) is 5.71 Å². The summed E-state index contributed by atoms with van der Waals surface area (Å²) in [6.45, 7) is 0. The molecule has 1 aromatic carbocycles.